The third kappa shape index (κ3) is 4.52. The van der Waals surface area contributed by atoms with Crippen molar-refractivity contribution in [2.75, 3.05) is 25.6 Å². The van der Waals surface area contributed by atoms with Crippen molar-refractivity contribution in [1.29, 1.82) is 0 Å². The molecule has 2 heterocycles. The topological polar surface area (TPSA) is 127 Å². The number of aromatic hydroxyl groups is 1. The van der Waals surface area contributed by atoms with Crippen LogP contribution in [-0.4, -0.2) is 41.3 Å². The van der Waals surface area contributed by atoms with Gasteiger partial charge in [0.15, 0.2) is 10.6 Å². The molecule has 0 radical (unpaired) electrons. The van der Waals surface area contributed by atoms with E-state index in [1.165, 1.54) is 28.8 Å². The second-order valence-corrected chi connectivity index (χ2v) is 9.30. The van der Waals surface area contributed by atoms with Gasteiger partial charge >= 0.3 is 11.7 Å². The van der Waals surface area contributed by atoms with Gasteiger partial charge in [0.25, 0.3) is 5.56 Å². The molecule has 0 unspecified atom stereocenters. The molecule has 3 aromatic rings. The maximum atomic E-state index is 13.6. The van der Waals surface area contributed by atoms with Crippen LogP contribution in [0, 0.1) is 10.1 Å². The number of thiazole rings is 1. The lowest BCUT2D eigenvalue weighted by molar-refractivity contribution is -0.385. The van der Waals surface area contributed by atoms with Crippen molar-refractivity contribution in [2.24, 2.45) is 4.99 Å². The molecule has 0 amide bonds. The number of phenols is 1. The number of aromatic nitrogens is 1. The molecule has 1 aliphatic rings. The van der Waals surface area contributed by atoms with Gasteiger partial charge in [-0.25, -0.2) is 9.79 Å². The molecule has 0 bridgehead atoms. The molecule has 0 aliphatic carbocycles. The highest BCUT2D eigenvalue weighted by molar-refractivity contribution is 7.07. The van der Waals surface area contributed by atoms with Crippen molar-refractivity contribution in [1.82, 2.24) is 4.57 Å². The average Bonchev–Trinajstić information content (AvgIpc) is 3.13. The van der Waals surface area contributed by atoms with Gasteiger partial charge in [-0.15, -0.1) is 0 Å². The Morgan fingerprint density at radius 3 is 2.58 bits per heavy atom. The zero-order chi connectivity index (χ0) is 26.1. The number of esters is 1. The lowest BCUT2D eigenvalue weighted by atomic mass is 9.95. The van der Waals surface area contributed by atoms with Crippen molar-refractivity contribution in [2.45, 2.75) is 19.9 Å². The van der Waals surface area contributed by atoms with Crippen molar-refractivity contribution < 1.29 is 19.6 Å². The lowest BCUT2D eigenvalue weighted by Gasteiger charge is -2.25. The first-order valence-electron chi connectivity index (χ1n) is 11.1. The predicted octanol–water partition coefficient (Wildman–Crippen LogP) is 2.48. The number of hydrogen-bond donors (Lipinski definition) is 1. The summed E-state index contributed by atoms with van der Waals surface area (Å²) in [7, 11) is 3.83. The van der Waals surface area contributed by atoms with Gasteiger partial charge in [0.2, 0.25) is 0 Å². The predicted molar refractivity (Wildman–Crippen MR) is 136 cm³/mol. The Balaban J connectivity index is 1.93. The monoisotopic (exact) mass is 508 g/mol. The number of hydrogen-bond acceptors (Lipinski definition) is 9. The van der Waals surface area contributed by atoms with Crippen molar-refractivity contribution in [3.63, 3.8) is 0 Å². The minimum atomic E-state index is -0.757. The van der Waals surface area contributed by atoms with E-state index in [0.717, 1.165) is 17.0 Å². The fraction of sp³-hybridized carbons (Fsp3) is 0.240. The number of fused-ring (bicyclic) bond motifs is 1. The Kier molecular flexibility index (Phi) is 6.75. The van der Waals surface area contributed by atoms with E-state index in [1.807, 2.05) is 43.3 Å². The highest BCUT2D eigenvalue weighted by atomic mass is 32.1. The van der Waals surface area contributed by atoms with Gasteiger partial charge < -0.3 is 14.7 Å². The number of nitrogens with zero attached hydrogens (tertiary/aromatic N) is 4. The van der Waals surface area contributed by atoms with Gasteiger partial charge in [-0.2, -0.15) is 0 Å². The number of benzene rings is 2. The van der Waals surface area contributed by atoms with Crippen LogP contribution in [0.5, 0.6) is 5.75 Å². The lowest BCUT2D eigenvalue weighted by Crippen LogP contribution is -2.39. The second kappa shape index (κ2) is 9.78. The van der Waals surface area contributed by atoms with Crippen LogP contribution < -0.4 is 19.8 Å². The third-order valence-corrected chi connectivity index (χ3v) is 6.72. The fourth-order valence-corrected chi connectivity index (χ4v) is 5.04. The van der Waals surface area contributed by atoms with E-state index in [0.29, 0.717) is 21.6 Å². The summed E-state index contributed by atoms with van der Waals surface area (Å²) in [5.74, 6) is -1.02. The van der Waals surface area contributed by atoms with Gasteiger partial charge in [-0.3, -0.25) is 19.5 Å². The summed E-state index contributed by atoms with van der Waals surface area (Å²) in [5.41, 5.74) is 1.90. The standard InChI is InChI=1S/C25H24N4O6S/c1-5-35-24(32)21-14(2)26-25-28(22(21)16-7-9-17(10-8-16)27(3)4)23(31)20(36-25)13-15-6-11-19(30)18(12-15)29(33)34/h6-13,22,30H,5H2,1-4H3/b20-13-/t22-/m0/s1. The van der Waals surface area contributed by atoms with E-state index in [-0.39, 0.29) is 16.7 Å². The fourth-order valence-electron chi connectivity index (χ4n) is 3.99. The van der Waals surface area contributed by atoms with Crippen molar-refractivity contribution in [3.05, 3.63) is 94.7 Å². The Bertz CT molecular complexity index is 1570. The molecule has 186 valence electrons. The average molecular weight is 509 g/mol. The molecule has 0 spiro atoms. The zero-order valence-electron chi connectivity index (χ0n) is 20.1. The van der Waals surface area contributed by atoms with E-state index in [2.05, 4.69) is 4.99 Å². The second-order valence-electron chi connectivity index (χ2n) is 8.29. The number of rotatable bonds is 6. The number of nitro groups is 1. The first-order chi connectivity index (χ1) is 17.1. The van der Waals surface area contributed by atoms with Crippen LogP contribution in [0.2, 0.25) is 0 Å². The zero-order valence-corrected chi connectivity index (χ0v) is 20.9. The summed E-state index contributed by atoms with van der Waals surface area (Å²) in [5, 5.41) is 20.9. The van der Waals surface area contributed by atoms with Gasteiger partial charge in [0, 0.05) is 25.8 Å². The molecule has 36 heavy (non-hydrogen) atoms. The normalized spacial score (nSPS) is 15.3. The Morgan fingerprint density at radius 2 is 1.97 bits per heavy atom. The number of carbonyl (C=O) groups is 1. The van der Waals surface area contributed by atoms with Gasteiger partial charge in [0.05, 0.1) is 33.4 Å². The van der Waals surface area contributed by atoms with Crippen molar-refractivity contribution >= 4 is 34.8 Å². The minimum Gasteiger partial charge on any atom is -0.502 e. The third-order valence-electron chi connectivity index (χ3n) is 5.74. The molecular weight excluding hydrogens is 484 g/mol. The van der Waals surface area contributed by atoms with Crippen LogP contribution in [0.1, 0.15) is 31.0 Å². The van der Waals surface area contributed by atoms with Crippen LogP contribution in [0.15, 0.2) is 63.5 Å². The summed E-state index contributed by atoms with van der Waals surface area (Å²) < 4.78 is 7.03. The number of phenolic OH excluding ortho intramolecular Hbond substituents is 1. The number of ether oxygens (including phenoxy) is 1. The molecule has 0 saturated carbocycles. The Hall–Kier alpha value is -4.25. The molecule has 11 heteroatoms. The quantitative estimate of drug-likeness (QED) is 0.308. The number of allylic oxidation sites excluding steroid dienone is 1. The first-order valence-corrected chi connectivity index (χ1v) is 11.9. The first kappa shape index (κ1) is 24.9. The molecule has 1 aromatic heterocycles. The van der Waals surface area contributed by atoms with Crippen LogP contribution in [-0.2, 0) is 9.53 Å². The van der Waals surface area contributed by atoms with Gasteiger partial charge in [-0.1, -0.05) is 29.5 Å². The Morgan fingerprint density at radius 1 is 1.28 bits per heavy atom. The highest BCUT2D eigenvalue weighted by Crippen LogP contribution is 2.32. The summed E-state index contributed by atoms with van der Waals surface area (Å²) in [6.45, 7) is 3.58. The van der Waals surface area contributed by atoms with Gasteiger partial charge in [-0.05, 0) is 49.2 Å². The molecule has 1 aliphatic heterocycles. The highest BCUT2D eigenvalue weighted by Gasteiger charge is 2.33. The van der Waals surface area contributed by atoms with Gasteiger partial charge in [0.1, 0.15) is 0 Å². The smallest absolute Gasteiger partial charge is 0.338 e. The van der Waals surface area contributed by atoms with Crippen molar-refractivity contribution in [3.8, 4) is 5.75 Å². The molecule has 0 saturated heterocycles. The number of nitro benzene ring substituents is 1. The van der Waals surface area contributed by atoms with Crippen LogP contribution in [0.3, 0.4) is 0 Å². The molecule has 4 rings (SSSR count). The van der Waals surface area contributed by atoms with E-state index in [4.69, 9.17) is 4.74 Å². The molecule has 0 fully saturated rings. The van der Waals surface area contributed by atoms with Crippen LogP contribution in [0.25, 0.3) is 6.08 Å². The molecule has 1 N–H and O–H groups in total. The summed E-state index contributed by atoms with van der Waals surface area (Å²) in [6.07, 6.45) is 1.51. The molecule has 2 aromatic carbocycles. The largest absolute Gasteiger partial charge is 0.502 e. The Labute approximate surface area is 209 Å². The SMILES string of the molecule is CCOC(=O)C1=C(C)N=c2s/c(=C\c3ccc(O)c([N+](=O)[O-])c3)c(=O)n2[C@H]1c1ccc(N(C)C)cc1. The summed E-state index contributed by atoms with van der Waals surface area (Å²) in [6, 6.07) is 10.6. The van der Waals surface area contributed by atoms with E-state index < -0.39 is 33.9 Å². The maximum Gasteiger partial charge on any atom is 0.338 e. The number of carbonyl (C=O) groups excluding carboxylic acids is 1. The van der Waals surface area contributed by atoms with E-state index >= 15 is 0 Å². The summed E-state index contributed by atoms with van der Waals surface area (Å²) in [4.78, 5) is 43.9. The van der Waals surface area contributed by atoms with Crippen LogP contribution >= 0.6 is 11.3 Å². The number of anilines is 1. The molecule has 10 nitrogen and oxygen atoms in total. The maximum absolute atomic E-state index is 13.6. The summed E-state index contributed by atoms with van der Waals surface area (Å²) >= 11 is 1.11. The van der Waals surface area contributed by atoms with E-state index in [9.17, 15) is 24.8 Å². The van der Waals surface area contributed by atoms with Crippen LogP contribution in [0.4, 0.5) is 11.4 Å². The molecular formula is C25H24N4O6S. The molecule has 1 atom stereocenters. The minimum absolute atomic E-state index is 0.173. The van der Waals surface area contributed by atoms with E-state index in [1.54, 1.807) is 13.8 Å².